The number of carboxylic acids is 1. The van der Waals surface area contributed by atoms with E-state index in [1.165, 1.54) is 6.07 Å². The molecule has 0 amide bonds. The maximum atomic E-state index is 12.7. The molecule has 122 valence electrons. The number of carbonyl (C=O) groups is 1. The predicted molar refractivity (Wildman–Crippen MR) is 75.5 cm³/mol. The van der Waals surface area contributed by atoms with Gasteiger partial charge in [-0.3, -0.25) is 9.69 Å². The Morgan fingerprint density at radius 1 is 1.26 bits per heavy atom. The molecule has 1 saturated heterocycles. The molecule has 3 rings (SSSR count). The molecule has 1 fully saturated rings. The first-order valence-corrected chi connectivity index (χ1v) is 7.04. The fourth-order valence-electron chi connectivity index (χ4n) is 2.54. The lowest BCUT2D eigenvalue weighted by atomic mass is 10.0. The van der Waals surface area contributed by atoms with Gasteiger partial charge in [0.1, 0.15) is 11.5 Å². The van der Waals surface area contributed by atoms with Gasteiger partial charge in [0, 0.05) is 18.7 Å². The Bertz CT molecular complexity index is 717. The van der Waals surface area contributed by atoms with Gasteiger partial charge in [0.05, 0.1) is 18.0 Å². The van der Waals surface area contributed by atoms with Crippen molar-refractivity contribution in [2.45, 2.75) is 12.7 Å². The lowest BCUT2D eigenvalue weighted by Gasteiger charge is -2.35. The van der Waals surface area contributed by atoms with E-state index in [9.17, 15) is 18.0 Å². The molecule has 2 aromatic rings. The molecule has 4 nitrogen and oxygen atoms in total. The van der Waals surface area contributed by atoms with Crippen LogP contribution >= 0.6 is 0 Å². The minimum Gasteiger partial charge on any atom is -0.481 e. The Labute approximate surface area is 130 Å². The van der Waals surface area contributed by atoms with Crippen LogP contribution in [0.3, 0.4) is 0 Å². The lowest BCUT2D eigenvalue weighted by molar-refractivity contribution is -0.148. The molecule has 1 aliphatic rings. The van der Waals surface area contributed by atoms with Crippen molar-refractivity contribution in [3.05, 3.63) is 47.7 Å². The molecule has 1 N–H and O–H groups in total. The summed E-state index contributed by atoms with van der Waals surface area (Å²) < 4.78 is 43.8. The average Bonchev–Trinajstić information content (AvgIpc) is 2.90. The first kappa shape index (κ1) is 15.6. The minimum absolute atomic E-state index is 0.354. The summed E-state index contributed by atoms with van der Waals surface area (Å²) in [6.45, 7) is 1.35. The van der Waals surface area contributed by atoms with Crippen molar-refractivity contribution >= 4 is 5.97 Å². The first-order valence-electron chi connectivity index (χ1n) is 7.04. The molecular weight excluding hydrogens is 311 g/mol. The predicted octanol–water partition coefficient (Wildman–Crippen LogP) is 3.48. The molecule has 0 atom stereocenters. The van der Waals surface area contributed by atoms with Crippen LogP contribution in [0.4, 0.5) is 13.2 Å². The molecule has 1 aromatic carbocycles. The number of furan rings is 1. The van der Waals surface area contributed by atoms with E-state index in [1.54, 1.807) is 18.2 Å². The van der Waals surface area contributed by atoms with Crippen LogP contribution in [0.2, 0.25) is 0 Å². The standard InChI is InChI=1S/C16H14F3NO3/c17-16(18,19)12-3-1-2-10(6-12)14-5-4-13(23-14)9-20-7-11(8-20)15(21)22/h1-6,11H,7-9H2,(H,21,22). The van der Waals surface area contributed by atoms with Crippen molar-refractivity contribution in [2.75, 3.05) is 13.1 Å². The summed E-state index contributed by atoms with van der Waals surface area (Å²) in [5.74, 6) is -0.207. The zero-order valence-electron chi connectivity index (χ0n) is 12.0. The van der Waals surface area contributed by atoms with Crippen molar-refractivity contribution in [2.24, 2.45) is 5.92 Å². The Hall–Kier alpha value is -2.28. The monoisotopic (exact) mass is 325 g/mol. The molecule has 0 radical (unpaired) electrons. The van der Waals surface area contributed by atoms with Gasteiger partial charge in [0.15, 0.2) is 0 Å². The lowest BCUT2D eigenvalue weighted by Crippen LogP contribution is -2.49. The number of halogens is 3. The molecular formula is C16H14F3NO3. The van der Waals surface area contributed by atoms with Crippen LogP contribution in [-0.2, 0) is 17.5 Å². The number of benzene rings is 1. The fourth-order valence-corrected chi connectivity index (χ4v) is 2.54. The van der Waals surface area contributed by atoms with E-state index < -0.39 is 17.7 Å². The third kappa shape index (κ3) is 3.39. The zero-order chi connectivity index (χ0) is 16.6. The smallest absolute Gasteiger partial charge is 0.416 e. The Balaban J connectivity index is 1.69. The number of hydrogen-bond acceptors (Lipinski definition) is 3. The number of nitrogens with zero attached hydrogens (tertiary/aromatic N) is 1. The van der Waals surface area contributed by atoms with E-state index in [1.807, 2.05) is 4.90 Å². The molecule has 0 aliphatic carbocycles. The Kier molecular flexibility index (Phi) is 3.89. The quantitative estimate of drug-likeness (QED) is 0.935. The molecule has 7 heteroatoms. The van der Waals surface area contributed by atoms with Gasteiger partial charge in [-0.15, -0.1) is 0 Å². The summed E-state index contributed by atoms with van der Waals surface area (Å²) in [6.07, 6.45) is -4.39. The number of rotatable bonds is 4. The third-order valence-corrected chi connectivity index (χ3v) is 3.82. The van der Waals surface area contributed by atoms with Crippen LogP contribution in [0.15, 0.2) is 40.8 Å². The molecule has 0 unspecified atom stereocenters. The van der Waals surface area contributed by atoms with Crippen LogP contribution < -0.4 is 0 Å². The largest absolute Gasteiger partial charge is 0.481 e. The summed E-state index contributed by atoms with van der Waals surface area (Å²) in [7, 11) is 0. The van der Waals surface area contributed by atoms with Crippen molar-refractivity contribution < 1.29 is 27.5 Å². The molecule has 2 heterocycles. The van der Waals surface area contributed by atoms with E-state index >= 15 is 0 Å². The first-order chi connectivity index (χ1) is 10.8. The van der Waals surface area contributed by atoms with Crippen LogP contribution in [-0.4, -0.2) is 29.1 Å². The summed E-state index contributed by atoms with van der Waals surface area (Å²) in [5, 5.41) is 8.82. The molecule has 0 bridgehead atoms. The van der Waals surface area contributed by atoms with E-state index in [4.69, 9.17) is 9.52 Å². The molecule has 0 saturated carbocycles. The molecule has 23 heavy (non-hydrogen) atoms. The Morgan fingerprint density at radius 3 is 2.65 bits per heavy atom. The minimum atomic E-state index is -4.39. The maximum Gasteiger partial charge on any atom is 0.416 e. The number of aliphatic carboxylic acids is 1. The highest BCUT2D eigenvalue weighted by Crippen LogP contribution is 2.33. The van der Waals surface area contributed by atoms with Crippen LogP contribution in [0.25, 0.3) is 11.3 Å². The summed E-state index contributed by atoms with van der Waals surface area (Å²) in [5.41, 5.74) is -0.363. The molecule has 1 aliphatic heterocycles. The van der Waals surface area contributed by atoms with Gasteiger partial charge in [0.2, 0.25) is 0 Å². The van der Waals surface area contributed by atoms with E-state index in [0.29, 0.717) is 36.7 Å². The topological polar surface area (TPSA) is 53.7 Å². The second-order valence-electron chi connectivity index (χ2n) is 5.57. The van der Waals surface area contributed by atoms with Crippen molar-refractivity contribution in [1.82, 2.24) is 4.90 Å². The third-order valence-electron chi connectivity index (χ3n) is 3.82. The van der Waals surface area contributed by atoms with Crippen LogP contribution in [0.5, 0.6) is 0 Å². The van der Waals surface area contributed by atoms with Gasteiger partial charge in [-0.25, -0.2) is 0 Å². The summed E-state index contributed by atoms with van der Waals surface area (Å²) in [4.78, 5) is 12.6. The maximum absolute atomic E-state index is 12.7. The van der Waals surface area contributed by atoms with Gasteiger partial charge >= 0.3 is 12.1 Å². The van der Waals surface area contributed by atoms with Gasteiger partial charge in [-0.2, -0.15) is 13.2 Å². The van der Waals surface area contributed by atoms with E-state index in [0.717, 1.165) is 12.1 Å². The normalized spacial score (nSPS) is 16.3. The van der Waals surface area contributed by atoms with Crippen molar-refractivity contribution in [3.63, 3.8) is 0 Å². The number of likely N-dealkylation sites (tertiary alicyclic amines) is 1. The highest BCUT2D eigenvalue weighted by molar-refractivity contribution is 5.71. The number of hydrogen-bond donors (Lipinski definition) is 1. The fraction of sp³-hybridized carbons (Fsp3) is 0.312. The number of carboxylic acid groups (broad SMARTS) is 1. The van der Waals surface area contributed by atoms with Crippen LogP contribution in [0.1, 0.15) is 11.3 Å². The van der Waals surface area contributed by atoms with E-state index in [2.05, 4.69) is 0 Å². The highest BCUT2D eigenvalue weighted by Gasteiger charge is 2.33. The van der Waals surface area contributed by atoms with Gasteiger partial charge in [-0.1, -0.05) is 12.1 Å². The molecule has 0 spiro atoms. The second kappa shape index (κ2) is 5.73. The molecule has 1 aromatic heterocycles. The Morgan fingerprint density at radius 2 is 2.00 bits per heavy atom. The van der Waals surface area contributed by atoms with Gasteiger partial charge in [0.25, 0.3) is 0 Å². The van der Waals surface area contributed by atoms with Crippen LogP contribution in [0, 0.1) is 5.92 Å². The summed E-state index contributed by atoms with van der Waals surface area (Å²) >= 11 is 0. The highest BCUT2D eigenvalue weighted by atomic mass is 19.4. The van der Waals surface area contributed by atoms with Gasteiger partial charge < -0.3 is 9.52 Å². The van der Waals surface area contributed by atoms with Gasteiger partial charge in [-0.05, 0) is 24.3 Å². The van der Waals surface area contributed by atoms with Crippen molar-refractivity contribution in [3.8, 4) is 11.3 Å². The average molecular weight is 325 g/mol. The zero-order valence-corrected chi connectivity index (χ0v) is 12.0. The van der Waals surface area contributed by atoms with Crippen molar-refractivity contribution in [1.29, 1.82) is 0 Å². The SMILES string of the molecule is O=C(O)C1CN(Cc2ccc(-c3cccc(C(F)(F)F)c3)o2)C1. The number of alkyl halides is 3. The summed E-state index contributed by atoms with van der Waals surface area (Å²) in [6, 6.07) is 8.28. The second-order valence-corrected chi connectivity index (χ2v) is 5.57. The van der Waals surface area contributed by atoms with E-state index in [-0.39, 0.29) is 5.92 Å².